The molecule has 0 unspecified atom stereocenters. The molecule has 0 aliphatic heterocycles. The van der Waals surface area contributed by atoms with Crippen LogP contribution in [0.4, 0.5) is 10.1 Å². The molecule has 1 heterocycles. The van der Waals surface area contributed by atoms with E-state index < -0.39 is 10.0 Å². The van der Waals surface area contributed by atoms with E-state index >= 15 is 0 Å². The van der Waals surface area contributed by atoms with Crippen molar-refractivity contribution in [2.45, 2.75) is 5.75 Å². The Kier molecular flexibility index (Phi) is 5.42. The van der Waals surface area contributed by atoms with Gasteiger partial charge in [0.1, 0.15) is 10.8 Å². The largest absolute Gasteiger partial charge is 0.283 e. The zero-order valence-corrected chi connectivity index (χ0v) is 16.9. The van der Waals surface area contributed by atoms with Crippen molar-refractivity contribution in [1.82, 2.24) is 4.98 Å². The molecule has 0 spiro atoms. The van der Waals surface area contributed by atoms with Crippen LogP contribution in [0.2, 0.25) is 0 Å². The predicted octanol–water partition coefficient (Wildman–Crippen LogP) is 5.56. The van der Waals surface area contributed by atoms with E-state index in [0.717, 1.165) is 0 Å². The summed E-state index contributed by atoms with van der Waals surface area (Å²) >= 11 is 1.31. The number of hydrogen-bond acceptors (Lipinski definition) is 4. The van der Waals surface area contributed by atoms with Crippen molar-refractivity contribution in [1.29, 1.82) is 0 Å². The smallest absolute Gasteiger partial charge is 0.236 e. The lowest BCUT2D eigenvalue weighted by molar-refractivity contribution is 0.600. The Morgan fingerprint density at radius 3 is 2.28 bits per heavy atom. The van der Waals surface area contributed by atoms with Gasteiger partial charge in [-0.3, -0.25) is 4.72 Å². The van der Waals surface area contributed by atoms with Crippen molar-refractivity contribution in [2.75, 3.05) is 4.72 Å². The van der Waals surface area contributed by atoms with E-state index in [-0.39, 0.29) is 11.6 Å². The van der Waals surface area contributed by atoms with E-state index in [9.17, 15) is 12.8 Å². The van der Waals surface area contributed by atoms with Crippen LogP contribution < -0.4 is 4.72 Å². The Balaban J connectivity index is 1.63. The summed E-state index contributed by atoms with van der Waals surface area (Å²) in [5.41, 5.74) is 2.79. The third-order valence-corrected chi connectivity index (χ3v) is 6.40. The molecule has 0 aliphatic rings. The average molecular weight is 425 g/mol. The highest BCUT2D eigenvalue weighted by atomic mass is 32.2. The van der Waals surface area contributed by atoms with Gasteiger partial charge < -0.3 is 0 Å². The minimum atomic E-state index is -3.60. The molecule has 1 aromatic heterocycles. The summed E-state index contributed by atoms with van der Waals surface area (Å²) in [5, 5.41) is 2.34. The first-order valence-corrected chi connectivity index (χ1v) is 11.4. The maximum Gasteiger partial charge on any atom is 0.236 e. The molecule has 4 aromatic rings. The molecular formula is C22H17FN2O2S2. The van der Waals surface area contributed by atoms with Crippen LogP contribution in [-0.2, 0) is 15.8 Å². The van der Waals surface area contributed by atoms with Crippen molar-refractivity contribution in [3.8, 4) is 21.8 Å². The molecule has 0 amide bonds. The summed E-state index contributed by atoms with van der Waals surface area (Å²) in [4.78, 5) is 4.53. The van der Waals surface area contributed by atoms with Crippen LogP contribution in [-0.4, -0.2) is 13.4 Å². The maximum absolute atomic E-state index is 14.1. The summed E-state index contributed by atoms with van der Waals surface area (Å²) in [6.07, 6.45) is 0. The first-order chi connectivity index (χ1) is 14.0. The van der Waals surface area contributed by atoms with Crippen LogP contribution in [0.15, 0.2) is 84.2 Å². The quantitative estimate of drug-likeness (QED) is 0.441. The predicted molar refractivity (Wildman–Crippen MR) is 116 cm³/mol. The fourth-order valence-corrected chi connectivity index (χ4v) is 5.01. The summed E-state index contributed by atoms with van der Waals surface area (Å²) in [5.74, 6) is -0.468. The number of nitrogens with one attached hydrogen (secondary N) is 1. The average Bonchev–Trinajstić information content (AvgIpc) is 3.18. The second-order valence-electron chi connectivity index (χ2n) is 6.41. The van der Waals surface area contributed by atoms with E-state index in [1.165, 1.54) is 17.4 Å². The summed E-state index contributed by atoms with van der Waals surface area (Å²) in [6.45, 7) is 0. The second kappa shape index (κ2) is 8.14. The Morgan fingerprint density at radius 1 is 0.862 bits per heavy atom. The minimum absolute atomic E-state index is 0.125. The number of para-hydroxylation sites is 1. The second-order valence-corrected chi connectivity index (χ2v) is 8.99. The molecule has 0 bridgehead atoms. The first kappa shape index (κ1) is 19.3. The molecule has 0 aliphatic carbocycles. The standard InChI is InChI=1S/C22H17FN2O2S2/c23-19-12-6-4-10-17(19)22-24-21(14-28-22)18-11-5-7-13-20(18)25-29(26,27)15-16-8-2-1-3-9-16/h1-14,25H,15H2. The van der Waals surface area contributed by atoms with Crippen LogP contribution in [0.5, 0.6) is 0 Å². The highest BCUT2D eigenvalue weighted by molar-refractivity contribution is 7.91. The van der Waals surface area contributed by atoms with Crippen molar-refractivity contribution in [2.24, 2.45) is 0 Å². The van der Waals surface area contributed by atoms with Gasteiger partial charge in [0.25, 0.3) is 0 Å². The molecule has 29 heavy (non-hydrogen) atoms. The number of benzene rings is 3. The molecule has 4 rings (SSSR count). The van der Waals surface area contributed by atoms with Crippen LogP contribution in [0.25, 0.3) is 21.8 Å². The molecule has 7 heteroatoms. The van der Waals surface area contributed by atoms with Gasteiger partial charge in [0, 0.05) is 16.5 Å². The molecule has 1 N–H and O–H groups in total. The lowest BCUT2D eigenvalue weighted by atomic mass is 10.1. The van der Waals surface area contributed by atoms with E-state index in [0.29, 0.717) is 33.1 Å². The molecule has 4 nitrogen and oxygen atoms in total. The van der Waals surface area contributed by atoms with Gasteiger partial charge in [-0.1, -0.05) is 60.7 Å². The van der Waals surface area contributed by atoms with Crippen molar-refractivity contribution < 1.29 is 12.8 Å². The first-order valence-electron chi connectivity index (χ1n) is 8.86. The van der Waals surface area contributed by atoms with Crippen LogP contribution in [0, 0.1) is 5.82 Å². The molecule has 3 aromatic carbocycles. The lowest BCUT2D eigenvalue weighted by Gasteiger charge is -2.11. The zero-order chi connectivity index (χ0) is 20.3. The molecule has 0 saturated carbocycles. The van der Waals surface area contributed by atoms with E-state index in [2.05, 4.69) is 9.71 Å². The van der Waals surface area contributed by atoms with Crippen LogP contribution >= 0.6 is 11.3 Å². The third kappa shape index (κ3) is 4.52. The molecule has 0 saturated heterocycles. The van der Waals surface area contributed by atoms with Gasteiger partial charge in [0.15, 0.2) is 0 Å². The maximum atomic E-state index is 14.1. The number of rotatable bonds is 6. The number of aromatic nitrogens is 1. The number of halogens is 1. The number of anilines is 1. The van der Waals surface area contributed by atoms with Crippen molar-refractivity contribution >= 4 is 27.0 Å². The molecular weight excluding hydrogens is 407 g/mol. The number of hydrogen-bond donors (Lipinski definition) is 1. The molecule has 0 atom stereocenters. The fourth-order valence-electron chi connectivity index (χ4n) is 2.95. The molecule has 146 valence electrons. The highest BCUT2D eigenvalue weighted by Crippen LogP contribution is 2.34. The zero-order valence-electron chi connectivity index (χ0n) is 15.2. The van der Waals surface area contributed by atoms with Crippen LogP contribution in [0.3, 0.4) is 0 Å². The van der Waals surface area contributed by atoms with E-state index in [4.69, 9.17) is 0 Å². The summed E-state index contributed by atoms with van der Waals surface area (Å²) < 4.78 is 42.0. The SMILES string of the molecule is O=S(=O)(Cc1ccccc1)Nc1ccccc1-c1csc(-c2ccccc2F)n1. The Hall–Kier alpha value is -3.03. The molecule has 0 fully saturated rings. The topological polar surface area (TPSA) is 59.1 Å². The monoisotopic (exact) mass is 424 g/mol. The van der Waals surface area contributed by atoms with Crippen molar-refractivity contribution in [3.63, 3.8) is 0 Å². The van der Waals surface area contributed by atoms with Gasteiger partial charge in [-0.15, -0.1) is 11.3 Å². The van der Waals surface area contributed by atoms with Gasteiger partial charge in [0.05, 0.1) is 17.1 Å². The van der Waals surface area contributed by atoms with E-state index in [1.54, 1.807) is 66.0 Å². The van der Waals surface area contributed by atoms with Gasteiger partial charge in [-0.2, -0.15) is 0 Å². The van der Waals surface area contributed by atoms with Gasteiger partial charge >= 0.3 is 0 Å². The van der Waals surface area contributed by atoms with Crippen LogP contribution in [0.1, 0.15) is 5.56 Å². The third-order valence-electron chi connectivity index (χ3n) is 4.28. The Labute approximate surface area is 172 Å². The van der Waals surface area contributed by atoms with Gasteiger partial charge in [0.2, 0.25) is 10.0 Å². The summed E-state index contributed by atoms with van der Waals surface area (Å²) in [7, 11) is -3.60. The minimum Gasteiger partial charge on any atom is -0.283 e. The number of nitrogens with zero attached hydrogens (tertiary/aromatic N) is 1. The molecule has 0 radical (unpaired) electrons. The Morgan fingerprint density at radius 2 is 1.52 bits per heavy atom. The highest BCUT2D eigenvalue weighted by Gasteiger charge is 2.17. The van der Waals surface area contributed by atoms with Crippen molar-refractivity contribution in [3.05, 3.63) is 95.6 Å². The number of sulfonamides is 1. The Bertz CT molecular complexity index is 1240. The normalized spacial score (nSPS) is 11.3. The fraction of sp³-hybridized carbons (Fsp3) is 0.0455. The van der Waals surface area contributed by atoms with E-state index in [1.807, 2.05) is 12.1 Å². The van der Waals surface area contributed by atoms with Gasteiger partial charge in [-0.05, 0) is 23.8 Å². The summed E-state index contributed by atoms with van der Waals surface area (Å²) in [6, 6.07) is 22.5. The van der Waals surface area contributed by atoms with Gasteiger partial charge in [-0.25, -0.2) is 17.8 Å². The lowest BCUT2D eigenvalue weighted by Crippen LogP contribution is -2.15. The number of thiazole rings is 1.